The van der Waals surface area contributed by atoms with Gasteiger partial charge >= 0.3 is 11.1 Å². The number of nitrogens with zero attached hydrogens (tertiary/aromatic N) is 1. The van der Waals surface area contributed by atoms with E-state index in [0.29, 0.717) is 0 Å². The Morgan fingerprint density at radius 1 is 1.75 bits per heavy atom. The summed E-state index contributed by atoms with van der Waals surface area (Å²) in [5, 5.41) is 20.1. The van der Waals surface area contributed by atoms with Crippen molar-refractivity contribution in [2.75, 3.05) is 6.54 Å². The van der Waals surface area contributed by atoms with E-state index in [2.05, 4.69) is 10.2 Å². The molecule has 2 atom stereocenters. The average molecular weight is 176 g/mol. The molecule has 1 rings (SSSR count). The Hall–Kier alpha value is -1.21. The topological polar surface area (TPSA) is 102 Å². The van der Waals surface area contributed by atoms with Crippen LogP contribution in [0.25, 0.3) is 0 Å². The molecule has 0 bridgehead atoms. The van der Waals surface area contributed by atoms with E-state index < -0.39 is 23.2 Å². The monoisotopic (exact) mass is 176 g/mol. The lowest BCUT2D eigenvalue weighted by atomic mass is 10.2. The maximum Gasteiger partial charge on any atom is 0.320 e. The molecule has 0 unspecified atom stereocenters. The second-order valence-corrected chi connectivity index (χ2v) is 2.48. The summed E-state index contributed by atoms with van der Waals surface area (Å²) < 4.78 is 0. The van der Waals surface area contributed by atoms with Crippen LogP contribution in [0.3, 0.4) is 0 Å². The number of carbonyl (C=O) groups is 1. The van der Waals surface area contributed by atoms with Crippen molar-refractivity contribution in [1.29, 1.82) is 0 Å². The van der Waals surface area contributed by atoms with Gasteiger partial charge in [-0.25, -0.2) is 4.84 Å². The molecule has 0 saturated carbocycles. The summed E-state index contributed by atoms with van der Waals surface area (Å²) in [5.74, 6) is -0.962. The molecule has 0 spiro atoms. The van der Waals surface area contributed by atoms with Gasteiger partial charge in [-0.05, 0) is 6.42 Å². The second kappa shape index (κ2) is 3.46. The summed E-state index contributed by atoms with van der Waals surface area (Å²) in [6.07, 6.45) is -0.471. The average Bonchev–Trinajstić information content (AvgIpc) is 2.34. The molecular weight excluding hydrogens is 168 g/mol. The summed E-state index contributed by atoms with van der Waals surface area (Å²) in [5.41, 5.74) is 0. The molecular formula is C5H8N2O5. The summed E-state index contributed by atoms with van der Waals surface area (Å²) in [6, 6.07) is -0.759. The Labute approximate surface area is 67.4 Å². The van der Waals surface area contributed by atoms with Crippen LogP contribution in [0, 0.1) is 10.1 Å². The number of hydrogen-bond acceptors (Lipinski definition) is 6. The second-order valence-electron chi connectivity index (χ2n) is 2.48. The molecule has 0 amide bonds. The fourth-order valence-corrected chi connectivity index (χ4v) is 1.03. The Morgan fingerprint density at radius 3 is 2.83 bits per heavy atom. The standard InChI is InChI=1S/C5H8N2O5/c8-3-1-4(6-2-3)5(9)12-7(10)11/h3-4,6,8H,1-2H2/t3-,4+/m1/s1. The Morgan fingerprint density at radius 2 is 2.42 bits per heavy atom. The van der Waals surface area contributed by atoms with E-state index in [1.807, 2.05) is 0 Å². The highest BCUT2D eigenvalue weighted by atomic mass is 17.0. The van der Waals surface area contributed by atoms with Crippen LogP contribution in [0.4, 0.5) is 0 Å². The fourth-order valence-electron chi connectivity index (χ4n) is 1.03. The van der Waals surface area contributed by atoms with Crippen LogP contribution in [0.5, 0.6) is 0 Å². The van der Waals surface area contributed by atoms with Crippen LogP contribution >= 0.6 is 0 Å². The van der Waals surface area contributed by atoms with Crippen molar-refractivity contribution < 1.29 is 19.8 Å². The van der Waals surface area contributed by atoms with E-state index in [1.54, 1.807) is 0 Å². The quantitative estimate of drug-likeness (QED) is 0.390. The molecule has 1 aliphatic rings. The van der Waals surface area contributed by atoms with Crippen molar-refractivity contribution in [2.24, 2.45) is 0 Å². The normalized spacial score (nSPS) is 28.4. The molecule has 0 aromatic carbocycles. The molecule has 1 heterocycles. The first kappa shape index (κ1) is 8.88. The number of aliphatic hydroxyl groups is 1. The third-order valence-corrected chi connectivity index (χ3v) is 1.56. The van der Waals surface area contributed by atoms with Gasteiger partial charge in [-0.1, -0.05) is 0 Å². The van der Waals surface area contributed by atoms with Crippen LogP contribution in [0.1, 0.15) is 6.42 Å². The Balaban J connectivity index is 2.38. The molecule has 0 aliphatic carbocycles. The zero-order valence-corrected chi connectivity index (χ0v) is 6.10. The molecule has 1 aliphatic heterocycles. The lowest BCUT2D eigenvalue weighted by Gasteiger charge is -2.04. The van der Waals surface area contributed by atoms with Crippen LogP contribution in [-0.2, 0) is 9.63 Å². The minimum Gasteiger partial charge on any atom is -0.392 e. The molecule has 68 valence electrons. The van der Waals surface area contributed by atoms with Crippen molar-refractivity contribution >= 4 is 5.97 Å². The largest absolute Gasteiger partial charge is 0.392 e. The highest BCUT2D eigenvalue weighted by Gasteiger charge is 2.29. The zero-order valence-electron chi connectivity index (χ0n) is 6.10. The first-order chi connectivity index (χ1) is 5.59. The van der Waals surface area contributed by atoms with Gasteiger partial charge in [-0.2, -0.15) is 0 Å². The number of aliphatic hydroxyl groups excluding tert-OH is 1. The molecule has 7 heteroatoms. The first-order valence-electron chi connectivity index (χ1n) is 3.37. The van der Waals surface area contributed by atoms with Crippen molar-refractivity contribution in [3.63, 3.8) is 0 Å². The van der Waals surface area contributed by atoms with E-state index in [1.165, 1.54) is 0 Å². The molecule has 0 aromatic rings. The van der Waals surface area contributed by atoms with Crippen molar-refractivity contribution in [2.45, 2.75) is 18.6 Å². The van der Waals surface area contributed by atoms with Gasteiger partial charge in [0, 0.05) is 6.54 Å². The van der Waals surface area contributed by atoms with Gasteiger partial charge in [0.1, 0.15) is 0 Å². The molecule has 1 saturated heterocycles. The van der Waals surface area contributed by atoms with E-state index >= 15 is 0 Å². The van der Waals surface area contributed by atoms with E-state index in [4.69, 9.17) is 5.11 Å². The molecule has 12 heavy (non-hydrogen) atoms. The minimum absolute atomic E-state index is 0.159. The third-order valence-electron chi connectivity index (χ3n) is 1.56. The summed E-state index contributed by atoms with van der Waals surface area (Å²) >= 11 is 0. The van der Waals surface area contributed by atoms with Crippen molar-refractivity contribution in [1.82, 2.24) is 5.32 Å². The van der Waals surface area contributed by atoms with Gasteiger partial charge in [0.15, 0.2) is 0 Å². The Bertz CT molecular complexity index is 206. The smallest absolute Gasteiger partial charge is 0.320 e. The number of β-amino-alcohol motifs (C(OH)–C–C–N with tert-alkyl or cyclic N) is 1. The van der Waals surface area contributed by atoms with Gasteiger partial charge in [-0.3, -0.25) is 4.79 Å². The van der Waals surface area contributed by atoms with Crippen LogP contribution in [0.2, 0.25) is 0 Å². The fraction of sp³-hybridized carbons (Fsp3) is 0.800. The summed E-state index contributed by atoms with van der Waals surface area (Å²) in [6.45, 7) is 0.261. The maximum absolute atomic E-state index is 10.8. The van der Waals surface area contributed by atoms with Gasteiger partial charge in [0.05, 0.1) is 12.1 Å². The molecule has 0 aromatic heterocycles. The van der Waals surface area contributed by atoms with Gasteiger partial charge in [-0.15, -0.1) is 10.1 Å². The number of carbonyl (C=O) groups excluding carboxylic acids is 1. The van der Waals surface area contributed by atoms with Crippen molar-refractivity contribution in [3.05, 3.63) is 10.1 Å². The SMILES string of the molecule is O=C(O[N+](=O)[O-])[C@@H]1C[C@@H](O)CN1. The predicted molar refractivity (Wildman–Crippen MR) is 35.5 cm³/mol. The lowest BCUT2D eigenvalue weighted by Crippen LogP contribution is -2.33. The van der Waals surface area contributed by atoms with E-state index in [0.717, 1.165) is 0 Å². The first-order valence-corrected chi connectivity index (χ1v) is 3.37. The highest BCUT2D eigenvalue weighted by Crippen LogP contribution is 2.07. The Kier molecular flexibility index (Phi) is 2.56. The third kappa shape index (κ3) is 2.14. The van der Waals surface area contributed by atoms with Gasteiger partial charge < -0.3 is 10.4 Å². The molecule has 1 fully saturated rings. The minimum atomic E-state index is -1.16. The number of rotatable bonds is 2. The van der Waals surface area contributed by atoms with Gasteiger partial charge in [0.2, 0.25) is 0 Å². The van der Waals surface area contributed by atoms with Crippen LogP contribution in [-0.4, -0.2) is 34.9 Å². The number of hydrogen-bond donors (Lipinski definition) is 2. The summed E-state index contributed by atoms with van der Waals surface area (Å²) in [4.78, 5) is 24.2. The lowest BCUT2D eigenvalue weighted by molar-refractivity contribution is -0.730. The van der Waals surface area contributed by atoms with E-state index in [9.17, 15) is 14.9 Å². The predicted octanol–water partition coefficient (Wildman–Crippen LogP) is -1.56. The number of nitrogens with one attached hydrogen (secondary N) is 1. The van der Waals surface area contributed by atoms with Crippen molar-refractivity contribution in [3.8, 4) is 0 Å². The highest BCUT2D eigenvalue weighted by molar-refractivity contribution is 5.75. The van der Waals surface area contributed by atoms with Crippen LogP contribution in [0.15, 0.2) is 0 Å². The van der Waals surface area contributed by atoms with Gasteiger partial charge in [0.25, 0.3) is 0 Å². The molecule has 7 nitrogen and oxygen atoms in total. The van der Waals surface area contributed by atoms with Crippen LogP contribution < -0.4 is 5.32 Å². The van der Waals surface area contributed by atoms with E-state index in [-0.39, 0.29) is 13.0 Å². The maximum atomic E-state index is 10.8. The molecule has 2 N–H and O–H groups in total. The molecule has 0 radical (unpaired) electrons. The summed E-state index contributed by atoms with van der Waals surface area (Å²) in [7, 11) is 0. The zero-order chi connectivity index (χ0) is 9.14.